The maximum atomic E-state index is 5.33. The van der Waals surface area contributed by atoms with Gasteiger partial charge in [0.25, 0.3) is 0 Å². The number of epoxide rings is 1. The Morgan fingerprint density at radius 1 is 1.25 bits per heavy atom. The number of rotatable bonds is 3. The van der Waals surface area contributed by atoms with Gasteiger partial charge in [-0.2, -0.15) is 0 Å². The molecule has 0 amide bonds. The summed E-state index contributed by atoms with van der Waals surface area (Å²) in [6.07, 6.45) is 1.19. The van der Waals surface area contributed by atoms with E-state index in [-0.39, 0.29) is 12.2 Å². The summed E-state index contributed by atoms with van der Waals surface area (Å²) >= 11 is 0. The molecule has 0 spiro atoms. The predicted octanol–water partition coefficient (Wildman–Crippen LogP) is 1.59. The maximum Gasteiger partial charge on any atom is 0.161 e. The van der Waals surface area contributed by atoms with Crippen LogP contribution in [-0.2, 0) is 9.57 Å². The largest absolute Gasteiger partial charge is 0.497 e. The molecule has 4 heteroatoms. The van der Waals surface area contributed by atoms with Gasteiger partial charge in [0.05, 0.1) is 19.4 Å². The zero-order chi connectivity index (χ0) is 11.0. The molecule has 0 saturated carbocycles. The van der Waals surface area contributed by atoms with E-state index in [9.17, 15) is 0 Å². The third-order valence-electron chi connectivity index (χ3n) is 2.89. The Labute approximate surface area is 93.8 Å². The van der Waals surface area contributed by atoms with Crippen LogP contribution in [-0.4, -0.2) is 31.6 Å². The molecule has 0 N–H and O–H groups in total. The summed E-state index contributed by atoms with van der Waals surface area (Å²) < 4.78 is 10.3. The van der Waals surface area contributed by atoms with Crippen molar-refractivity contribution in [1.82, 2.24) is 0 Å². The average Bonchev–Trinajstić information content (AvgIpc) is 3.08. The van der Waals surface area contributed by atoms with E-state index in [4.69, 9.17) is 14.3 Å². The zero-order valence-corrected chi connectivity index (χ0v) is 9.05. The topological polar surface area (TPSA) is 43.4 Å². The van der Waals surface area contributed by atoms with E-state index in [1.165, 1.54) is 0 Å². The second kappa shape index (κ2) is 3.79. The van der Waals surface area contributed by atoms with Gasteiger partial charge in [0.15, 0.2) is 6.10 Å². The van der Waals surface area contributed by atoms with Gasteiger partial charge in [-0.3, -0.25) is 0 Å². The van der Waals surface area contributed by atoms with E-state index in [0.717, 1.165) is 30.1 Å². The fourth-order valence-electron chi connectivity index (χ4n) is 1.82. The van der Waals surface area contributed by atoms with Gasteiger partial charge in [-0.15, -0.1) is 0 Å². The quantitative estimate of drug-likeness (QED) is 0.725. The van der Waals surface area contributed by atoms with Crippen LogP contribution in [0.15, 0.2) is 29.4 Å². The third-order valence-corrected chi connectivity index (χ3v) is 2.89. The molecule has 0 unspecified atom stereocenters. The minimum Gasteiger partial charge on any atom is -0.497 e. The normalized spacial score (nSPS) is 27.2. The van der Waals surface area contributed by atoms with E-state index in [2.05, 4.69) is 5.16 Å². The smallest absolute Gasteiger partial charge is 0.161 e. The van der Waals surface area contributed by atoms with Gasteiger partial charge in [-0.25, -0.2) is 0 Å². The summed E-state index contributed by atoms with van der Waals surface area (Å²) in [6, 6.07) is 7.85. The molecule has 1 saturated heterocycles. The summed E-state index contributed by atoms with van der Waals surface area (Å²) in [7, 11) is 1.66. The van der Waals surface area contributed by atoms with Gasteiger partial charge < -0.3 is 14.3 Å². The molecular weight excluding hydrogens is 206 g/mol. The van der Waals surface area contributed by atoms with E-state index < -0.39 is 0 Å². The number of nitrogens with zero attached hydrogens (tertiary/aromatic N) is 1. The van der Waals surface area contributed by atoms with Crippen LogP contribution in [0.2, 0.25) is 0 Å². The van der Waals surface area contributed by atoms with Crippen LogP contribution in [0, 0.1) is 0 Å². The Kier molecular flexibility index (Phi) is 2.29. The molecule has 0 radical (unpaired) electrons. The van der Waals surface area contributed by atoms with E-state index >= 15 is 0 Å². The highest BCUT2D eigenvalue weighted by Gasteiger charge is 2.38. The van der Waals surface area contributed by atoms with Crippen molar-refractivity contribution in [3.05, 3.63) is 29.8 Å². The molecule has 1 fully saturated rings. The highest BCUT2D eigenvalue weighted by molar-refractivity contribution is 6.01. The van der Waals surface area contributed by atoms with Gasteiger partial charge in [0.1, 0.15) is 11.9 Å². The van der Waals surface area contributed by atoms with E-state index in [1.54, 1.807) is 7.11 Å². The van der Waals surface area contributed by atoms with Crippen LogP contribution >= 0.6 is 0 Å². The van der Waals surface area contributed by atoms with Gasteiger partial charge in [0.2, 0.25) is 0 Å². The van der Waals surface area contributed by atoms with Crippen molar-refractivity contribution in [3.8, 4) is 5.75 Å². The first-order chi connectivity index (χ1) is 7.86. The second-order valence-corrected chi connectivity index (χ2v) is 3.99. The Morgan fingerprint density at radius 3 is 2.62 bits per heavy atom. The Balaban J connectivity index is 1.72. The molecule has 0 bridgehead atoms. The van der Waals surface area contributed by atoms with Gasteiger partial charge >= 0.3 is 0 Å². The van der Waals surface area contributed by atoms with E-state index in [0.29, 0.717) is 0 Å². The van der Waals surface area contributed by atoms with Gasteiger partial charge in [-0.1, -0.05) is 5.16 Å². The van der Waals surface area contributed by atoms with Crippen molar-refractivity contribution < 1.29 is 14.3 Å². The summed E-state index contributed by atoms with van der Waals surface area (Å²) in [5.41, 5.74) is 2.08. The van der Waals surface area contributed by atoms with E-state index in [1.807, 2.05) is 24.3 Å². The Hall–Kier alpha value is -1.55. The summed E-state index contributed by atoms with van der Waals surface area (Å²) in [5.74, 6) is 0.852. The zero-order valence-electron chi connectivity index (χ0n) is 9.05. The first-order valence-electron chi connectivity index (χ1n) is 5.35. The molecule has 2 heterocycles. The van der Waals surface area contributed by atoms with Gasteiger partial charge in [0, 0.05) is 6.42 Å². The molecule has 4 nitrogen and oxygen atoms in total. The van der Waals surface area contributed by atoms with Crippen LogP contribution in [0.5, 0.6) is 5.75 Å². The lowest BCUT2D eigenvalue weighted by Gasteiger charge is -2.03. The fourth-order valence-corrected chi connectivity index (χ4v) is 1.82. The molecule has 3 rings (SSSR count). The van der Waals surface area contributed by atoms with Crippen LogP contribution in [0.25, 0.3) is 0 Å². The predicted molar refractivity (Wildman–Crippen MR) is 58.8 cm³/mol. The molecule has 0 aliphatic carbocycles. The summed E-state index contributed by atoms with van der Waals surface area (Å²) in [5, 5.41) is 4.10. The number of oxime groups is 1. The van der Waals surface area contributed by atoms with Crippen LogP contribution < -0.4 is 4.74 Å². The van der Waals surface area contributed by atoms with Gasteiger partial charge in [-0.05, 0) is 29.8 Å². The van der Waals surface area contributed by atoms with Crippen molar-refractivity contribution in [1.29, 1.82) is 0 Å². The van der Waals surface area contributed by atoms with Crippen molar-refractivity contribution >= 4 is 5.71 Å². The fraction of sp³-hybridized carbons (Fsp3) is 0.417. The number of ether oxygens (including phenoxy) is 2. The van der Waals surface area contributed by atoms with Crippen LogP contribution in [0.4, 0.5) is 0 Å². The highest BCUT2D eigenvalue weighted by atomic mass is 16.7. The third kappa shape index (κ3) is 1.76. The maximum absolute atomic E-state index is 5.33. The number of hydrogen-bond acceptors (Lipinski definition) is 4. The Bertz CT molecular complexity index is 409. The monoisotopic (exact) mass is 219 g/mol. The Morgan fingerprint density at radius 2 is 2.00 bits per heavy atom. The lowest BCUT2D eigenvalue weighted by molar-refractivity contribution is 0.0627. The number of benzene rings is 1. The van der Waals surface area contributed by atoms with Crippen molar-refractivity contribution in [3.63, 3.8) is 0 Å². The lowest BCUT2D eigenvalue weighted by atomic mass is 10.0. The molecular formula is C12H13NO3. The lowest BCUT2D eigenvalue weighted by Crippen LogP contribution is -2.15. The number of methoxy groups -OCH3 is 1. The van der Waals surface area contributed by atoms with Crippen molar-refractivity contribution in [2.24, 2.45) is 5.16 Å². The van der Waals surface area contributed by atoms with Crippen molar-refractivity contribution in [2.45, 2.75) is 18.6 Å². The number of hydrogen-bond donors (Lipinski definition) is 0. The summed E-state index contributed by atoms with van der Waals surface area (Å²) in [4.78, 5) is 5.33. The van der Waals surface area contributed by atoms with Crippen LogP contribution in [0.3, 0.4) is 0 Å². The SMILES string of the molecule is COc1ccc(C2=NO[C@@H]([C@@H]3CO3)C2)cc1. The molecule has 2 aliphatic heterocycles. The molecule has 16 heavy (non-hydrogen) atoms. The first-order valence-corrected chi connectivity index (χ1v) is 5.35. The molecule has 84 valence electrons. The first kappa shape index (κ1) is 9.66. The molecule has 0 aromatic heterocycles. The average molecular weight is 219 g/mol. The second-order valence-electron chi connectivity index (χ2n) is 3.99. The van der Waals surface area contributed by atoms with Crippen molar-refractivity contribution in [2.75, 3.05) is 13.7 Å². The van der Waals surface area contributed by atoms with Crippen LogP contribution in [0.1, 0.15) is 12.0 Å². The minimum absolute atomic E-state index is 0.108. The highest BCUT2D eigenvalue weighted by Crippen LogP contribution is 2.27. The summed E-state index contributed by atoms with van der Waals surface area (Å²) in [6.45, 7) is 0.802. The standard InChI is InChI=1S/C12H13NO3/c1-14-9-4-2-8(3-5-9)10-6-11(16-13-10)12-7-15-12/h2-5,11-12H,6-7H2,1H3/t11-,12+/m1/s1. The molecule has 1 aromatic rings. The minimum atomic E-state index is 0.108. The molecule has 2 aliphatic rings. The molecule has 1 aromatic carbocycles. The molecule has 2 atom stereocenters.